The summed E-state index contributed by atoms with van der Waals surface area (Å²) < 4.78 is 29.3. The number of benzene rings is 4. The van der Waals surface area contributed by atoms with Crippen LogP contribution in [-0.4, -0.2) is 39.8 Å². The Morgan fingerprint density at radius 1 is 0.574 bits per heavy atom. The summed E-state index contributed by atoms with van der Waals surface area (Å²) in [4.78, 5) is 4.21. The molecule has 0 unspecified atom stereocenters. The Morgan fingerprint density at radius 3 is 1.51 bits per heavy atom. The number of nitrogens with one attached hydrogen (secondary N) is 2. The third-order valence-electron chi connectivity index (χ3n) is 7.74. The maximum Gasteiger partial charge on any atom is 0.152 e. The van der Waals surface area contributed by atoms with Gasteiger partial charge in [0.05, 0.1) is 11.4 Å². The zero-order chi connectivity index (χ0) is 33.4. The molecule has 8 nitrogen and oxygen atoms in total. The molecule has 0 fully saturated rings. The molecule has 4 aromatic carbocycles. The normalized spacial score (nSPS) is 11.4. The van der Waals surface area contributed by atoms with Crippen molar-refractivity contribution in [2.24, 2.45) is 20.5 Å². The van der Waals surface area contributed by atoms with Crippen molar-refractivity contribution >= 4 is 45.5 Å². The highest BCUT2D eigenvalue weighted by Gasteiger charge is 2.09. The quantitative estimate of drug-likeness (QED) is 0.0838. The molecule has 0 spiro atoms. The average Bonchev–Trinajstić information content (AvgIpc) is 3.09. The molecular weight excluding hydrogens is 594 g/mol. The first kappa shape index (κ1) is 35.0. The van der Waals surface area contributed by atoms with Crippen molar-refractivity contribution < 1.29 is 8.78 Å². The van der Waals surface area contributed by atoms with Crippen LogP contribution in [0.5, 0.6) is 0 Å². The fourth-order valence-corrected chi connectivity index (χ4v) is 4.86. The molecule has 0 aliphatic carbocycles. The molecule has 2 N–H and O–H groups in total. The van der Waals surface area contributed by atoms with E-state index in [1.807, 2.05) is 72.6 Å². The lowest BCUT2D eigenvalue weighted by Crippen LogP contribution is -2.23. The molecule has 0 aliphatic heterocycles. The summed E-state index contributed by atoms with van der Waals surface area (Å²) in [6.45, 7) is 10.4. The van der Waals surface area contributed by atoms with Gasteiger partial charge in [-0.1, -0.05) is 26.7 Å². The number of anilines is 4. The number of hydrogen-bond donors (Lipinski definition) is 2. The lowest BCUT2D eigenvalue weighted by atomic mass is 10.2. The van der Waals surface area contributed by atoms with Crippen molar-refractivity contribution in [2.45, 2.75) is 46.5 Å². The predicted molar refractivity (Wildman–Crippen MR) is 192 cm³/mol. The SMILES string of the molecule is CCCCN(C)c1ccc(N=Nc2ccc(NCCNc3ccc(N=Nc4ccc(N(CC)CCCC)cc4F)cc3)cc2)c(F)c1. The lowest BCUT2D eigenvalue weighted by molar-refractivity contribution is 0.626. The molecule has 0 atom stereocenters. The van der Waals surface area contributed by atoms with Crippen LogP contribution in [0.4, 0.5) is 54.3 Å². The maximum absolute atomic E-state index is 14.7. The van der Waals surface area contributed by atoms with Gasteiger partial charge in [0, 0.05) is 62.5 Å². The first-order valence-corrected chi connectivity index (χ1v) is 16.5. The van der Waals surface area contributed by atoms with Gasteiger partial charge in [-0.25, -0.2) is 8.78 Å². The molecule has 248 valence electrons. The van der Waals surface area contributed by atoms with E-state index < -0.39 is 5.82 Å². The summed E-state index contributed by atoms with van der Waals surface area (Å²) in [7, 11) is 1.96. The molecule has 0 radical (unpaired) electrons. The van der Waals surface area contributed by atoms with Crippen molar-refractivity contribution in [3.05, 3.63) is 96.6 Å². The number of nitrogens with zero attached hydrogens (tertiary/aromatic N) is 6. The predicted octanol–water partition coefficient (Wildman–Crippen LogP) is 11.2. The third kappa shape index (κ3) is 10.9. The minimum atomic E-state index is -0.392. The molecule has 47 heavy (non-hydrogen) atoms. The van der Waals surface area contributed by atoms with E-state index in [9.17, 15) is 8.78 Å². The summed E-state index contributed by atoms with van der Waals surface area (Å²) >= 11 is 0. The zero-order valence-corrected chi connectivity index (χ0v) is 27.9. The molecule has 4 rings (SSSR count). The van der Waals surface area contributed by atoms with Crippen LogP contribution in [0.15, 0.2) is 105 Å². The Morgan fingerprint density at radius 2 is 1.04 bits per heavy atom. The summed E-state index contributed by atoms with van der Waals surface area (Å²) in [6.07, 6.45) is 4.32. The third-order valence-corrected chi connectivity index (χ3v) is 7.74. The van der Waals surface area contributed by atoms with Gasteiger partial charge in [-0.3, -0.25) is 0 Å². The number of azo groups is 2. The molecule has 0 saturated carbocycles. The van der Waals surface area contributed by atoms with Crippen LogP contribution in [0.3, 0.4) is 0 Å². The Hall–Kier alpha value is -4.86. The van der Waals surface area contributed by atoms with E-state index in [2.05, 4.69) is 56.8 Å². The Balaban J connectivity index is 1.20. The molecular formula is C37H46F2N8. The molecule has 4 aromatic rings. The van der Waals surface area contributed by atoms with Crippen LogP contribution in [0.25, 0.3) is 0 Å². The molecule has 0 bridgehead atoms. The van der Waals surface area contributed by atoms with Gasteiger partial charge in [0.15, 0.2) is 11.6 Å². The van der Waals surface area contributed by atoms with E-state index in [1.54, 1.807) is 12.1 Å². The summed E-state index contributed by atoms with van der Waals surface area (Å²) in [5.41, 5.74) is 5.28. The largest absolute Gasteiger partial charge is 0.383 e. The van der Waals surface area contributed by atoms with Crippen molar-refractivity contribution in [2.75, 3.05) is 60.2 Å². The van der Waals surface area contributed by atoms with Gasteiger partial charge in [-0.05, 0) is 105 Å². The van der Waals surface area contributed by atoms with Crippen LogP contribution in [0, 0.1) is 11.6 Å². The first-order valence-electron chi connectivity index (χ1n) is 16.5. The smallest absolute Gasteiger partial charge is 0.152 e. The standard InChI is InChI=1S/C37H46F2N8/c1-5-8-24-46(4)32-18-20-36(34(38)26-32)44-42-30-14-10-28(11-15-30)40-22-23-41-29-12-16-31(17-13-29)43-45-37-21-19-33(27-35(37)39)47(7-3)25-9-6-2/h10-21,26-27,40-41H,5-9,22-25H2,1-4H3. The van der Waals surface area contributed by atoms with Gasteiger partial charge in [0.25, 0.3) is 0 Å². The lowest BCUT2D eigenvalue weighted by Gasteiger charge is -2.23. The highest BCUT2D eigenvalue weighted by molar-refractivity contribution is 5.56. The van der Waals surface area contributed by atoms with E-state index in [-0.39, 0.29) is 17.2 Å². The molecule has 0 heterocycles. The van der Waals surface area contributed by atoms with Crippen molar-refractivity contribution in [1.29, 1.82) is 0 Å². The monoisotopic (exact) mass is 640 g/mol. The van der Waals surface area contributed by atoms with E-state index >= 15 is 0 Å². The molecule has 0 amide bonds. The average molecular weight is 641 g/mol. The fourth-order valence-electron chi connectivity index (χ4n) is 4.86. The molecule has 10 heteroatoms. The summed E-state index contributed by atoms with van der Waals surface area (Å²) in [6, 6.07) is 25.2. The highest BCUT2D eigenvalue weighted by Crippen LogP contribution is 2.28. The van der Waals surface area contributed by atoms with Gasteiger partial charge in [-0.15, -0.1) is 10.2 Å². The summed E-state index contributed by atoms with van der Waals surface area (Å²) in [5.74, 6) is -0.773. The van der Waals surface area contributed by atoms with Gasteiger partial charge in [-0.2, -0.15) is 10.2 Å². The molecule has 0 aliphatic rings. The van der Waals surface area contributed by atoms with Crippen LogP contribution in [-0.2, 0) is 0 Å². The van der Waals surface area contributed by atoms with Crippen LogP contribution >= 0.6 is 0 Å². The second-order valence-corrected chi connectivity index (χ2v) is 11.3. The minimum absolute atomic E-state index is 0.210. The Kier molecular flexibility index (Phi) is 13.6. The van der Waals surface area contributed by atoms with Gasteiger partial charge in [0.1, 0.15) is 11.4 Å². The van der Waals surface area contributed by atoms with Crippen molar-refractivity contribution in [1.82, 2.24) is 0 Å². The van der Waals surface area contributed by atoms with E-state index in [0.29, 0.717) is 24.5 Å². The molecule has 0 aromatic heterocycles. The maximum atomic E-state index is 14.7. The van der Waals surface area contributed by atoms with Gasteiger partial charge < -0.3 is 20.4 Å². The second-order valence-electron chi connectivity index (χ2n) is 11.3. The van der Waals surface area contributed by atoms with E-state index in [0.717, 1.165) is 68.1 Å². The number of unbranched alkanes of at least 4 members (excludes halogenated alkanes) is 2. The van der Waals surface area contributed by atoms with E-state index in [1.165, 1.54) is 12.1 Å². The van der Waals surface area contributed by atoms with Gasteiger partial charge >= 0.3 is 0 Å². The topological polar surface area (TPSA) is 80.0 Å². The fraction of sp³-hybridized carbons (Fsp3) is 0.351. The van der Waals surface area contributed by atoms with E-state index in [4.69, 9.17) is 0 Å². The van der Waals surface area contributed by atoms with Crippen LogP contribution < -0.4 is 20.4 Å². The first-order chi connectivity index (χ1) is 22.9. The summed E-state index contributed by atoms with van der Waals surface area (Å²) in [5, 5.41) is 23.4. The minimum Gasteiger partial charge on any atom is -0.383 e. The highest BCUT2D eigenvalue weighted by atomic mass is 19.1. The number of hydrogen-bond acceptors (Lipinski definition) is 8. The van der Waals surface area contributed by atoms with Gasteiger partial charge in [0.2, 0.25) is 0 Å². The Bertz CT molecular complexity index is 1590. The van der Waals surface area contributed by atoms with Crippen molar-refractivity contribution in [3.63, 3.8) is 0 Å². The van der Waals surface area contributed by atoms with Crippen LogP contribution in [0.1, 0.15) is 46.5 Å². The van der Waals surface area contributed by atoms with Crippen molar-refractivity contribution in [3.8, 4) is 0 Å². The van der Waals surface area contributed by atoms with Crippen LogP contribution in [0.2, 0.25) is 0 Å². The Labute approximate surface area is 277 Å². The zero-order valence-electron chi connectivity index (χ0n) is 27.9. The second kappa shape index (κ2) is 18.3. The number of halogens is 2. The molecule has 0 saturated heterocycles. The number of rotatable bonds is 18.